The van der Waals surface area contributed by atoms with Crippen LogP contribution >= 0.6 is 15.9 Å². The molecule has 1 N–H and O–H groups in total. The van der Waals surface area contributed by atoms with Crippen molar-refractivity contribution >= 4 is 27.7 Å². The maximum atomic E-state index is 12.2. The van der Waals surface area contributed by atoms with E-state index in [1.807, 2.05) is 6.92 Å². The quantitative estimate of drug-likeness (QED) is 0.865. The van der Waals surface area contributed by atoms with E-state index in [2.05, 4.69) is 15.9 Å². The van der Waals surface area contributed by atoms with Crippen LogP contribution in [0, 0.1) is 0 Å². The summed E-state index contributed by atoms with van der Waals surface area (Å²) in [5, 5.41) is 10.2. The van der Waals surface area contributed by atoms with Crippen molar-refractivity contribution in [3.05, 3.63) is 33.8 Å². The maximum absolute atomic E-state index is 12.2. The number of rotatable bonds is 4. The Morgan fingerprint density at radius 2 is 1.89 bits per heavy atom. The SMILES string of the molecule is CCCC(C)(O)CN1C(=O)c2ccc(Br)cc2C1=O. The van der Waals surface area contributed by atoms with Gasteiger partial charge in [0.2, 0.25) is 0 Å². The van der Waals surface area contributed by atoms with E-state index in [4.69, 9.17) is 0 Å². The molecule has 0 aliphatic carbocycles. The molecular weight excluding hydrogens is 310 g/mol. The molecule has 1 aromatic carbocycles. The molecule has 0 radical (unpaired) electrons. The molecule has 0 spiro atoms. The van der Waals surface area contributed by atoms with Gasteiger partial charge in [0, 0.05) is 4.47 Å². The zero-order valence-corrected chi connectivity index (χ0v) is 12.5. The molecule has 0 fully saturated rings. The summed E-state index contributed by atoms with van der Waals surface area (Å²) in [6, 6.07) is 5.01. The fraction of sp³-hybridized carbons (Fsp3) is 0.429. The lowest BCUT2D eigenvalue weighted by Crippen LogP contribution is -2.43. The molecule has 1 aromatic rings. The predicted octanol–water partition coefficient (Wildman–Crippen LogP) is 2.60. The summed E-state index contributed by atoms with van der Waals surface area (Å²) in [6.07, 6.45) is 1.34. The first kappa shape index (κ1) is 14.2. The van der Waals surface area contributed by atoms with Gasteiger partial charge >= 0.3 is 0 Å². The Hall–Kier alpha value is -1.20. The van der Waals surface area contributed by atoms with E-state index in [-0.39, 0.29) is 18.4 Å². The number of imide groups is 1. The minimum atomic E-state index is -1.04. The fourth-order valence-corrected chi connectivity index (χ4v) is 2.73. The van der Waals surface area contributed by atoms with Gasteiger partial charge in [-0.3, -0.25) is 14.5 Å². The summed E-state index contributed by atoms with van der Waals surface area (Å²) in [7, 11) is 0. The first-order valence-corrected chi connectivity index (χ1v) is 7.03. The standard InChI is InChI=1S/C14H16BrNO3/c1-3-6-14(2,19)8-16-12(17)10-5-4-9(15)7-11(10)13(16)18/h4-5,7,19H,3,6,8H2,1-2H3. The van der Waals surface area contributed by atoms with Gasteiger partial charge in [0.05, 0.1) is 23.3 Å². The van der Waals surface area contributed by atoms with Crippen LogP contribution in [0.4, 0.5) is 0 Å². The van der Waals surface area contributed by atoms with Crippen molar-refractivity contribution in [3.8, 4) is 0 Å². The van der Waals surface area contributed by atoms with Crippen molar-refractivity contribution in [2.24, 2.45) is 0 Å². The lowest BCUT2D eigenvalue weighted by Gasteiger charge is -2.27. The number of aliphatic hydroxyl groups is 1. The van der Waals surface area contributed by atoms with Crippen molar-refractivity contribution in [1.29, 1.82) is 0 Å². The Balaban J connectivity index is 2.28. The predicted molar refractivity (Wildman–Crippen MR) is 75.0 cm³/mol. The number of hydrogen-bond acceptors (Lipinski definition) is 3. The third-order valence-electron chi connectivity index (χ3n) is 3.22. The first-order valence-electron chi connectivity index (χ1n) is 6.24. The molecule has 1 heterocycles. The number of β-amino-alcohol motifs (C(OH)–C–C–N with tert-alkyl or cyclic N) is 1. The number of carbonyl (C=O) groups excluding carboxylic acids is 2. The van der Waals surface area contributed by atoms with E-state index < -0.39 is 5.60 Å². The first-order chi connectivity index (χ1) is 8.85. The Labute approximate surface area is 120 Å². The monoisotopic (exact) mass is 325 g/mol. The fourth-order valence-electron chi connectivity index (χ4n) is 2.36. The van der Waals surface area contributed by atoms with Crippen LogP contribution in [-0.2, 0) is 0 Å². The van der Waals surface area contributed by atoms with Gasteiger partial charge in [-0.2, -0.15) is 0 Å². The average Bonchev–Trinajstić information content (AvgIpc) is 2.54. The molecular formula is C14H16BrNO3. The smallest absolute Gasteiger partial charge is 0.261 e. The van der Waals surface area contributed by atoms with Gasteiger partial charge in [0.1, 0.15) is 0 Å². The molecule has 5 heteroatoms. The van der Waals surface area contributed by atoms with Gasteiger partial charge in [-0.15, -0.1) is 0 Å². The molecule has 0 saturated heterocycles. The number of fused-ring (bicyclic) bond motifs is 1. The summed E-state index contributed by atoms with van der Waals surface area (Å²) in [5.41, 5.74) is -0.244. The number of halogens is 1. The minimum absolute atomic E-state index is 0.0325. The molecule has 102 valence electrons. The Morgan fingerprint density at radius 3 is 2.53 bits per heavy atom. The van der Waals surface area contributed by atoms with Crippen LogP contribution in [-0.4, -0.2) is 34.0 Å². The lowest BCUT2D eigenvalue weighted by molar-refractivity contribution is 0.0140. The molecule has 1 aliphatic rings. The molecule has 4 nitrogen and oxygen atoms in total. The summed E-state index contributed by atoms with van der Waals surface area (Å²) in [4.78, 5) is 25.5. The Bertz CT molecular complexity index is 539. The van der Waals surface area contributed by atoms with Crippen LogP contribution in [0.2, 0.25) is 0 Å². The van der Waals surface area contributed by atoms with Crippen molar-refractivity contribution in [2.45, 2.75) is 32.3 Å². The molecule has 1 aliphatic heterocycles. The van der Waals surface area contributed by atoms with E-state index in [0.717, 1.165) is 15.8 Å². The largest absolute Gasteiger partial charge is 0.388 e. The van der Waals surface area contributed by atoms with Crippen molar-refractivity contribution in [3.63, 3.8) is 0 Å². The van der Waals surface area contributed by atoms with E-state index in [0.29, 0.717) is 17.5 Å². The molecule has 1 unspecified atom stereocenters. The van der Waals surface area contributed by atoms with Crippen LogP contribution in [0.1, 0.15) is 47.4 Å². The minimum Gasteiger partial charge on any atom is -0.388 e. The number of hydrogen-bond donors (Lipinski definition) is 1. The zero-order valence-electron chi connectivity index (χ0n) is 10.9. The topological polar surface area (TPSA) is 57.6 Å². The average molecular weight is 326 g/mol. The van der Waals surface area contributed by atoms with Gasteiger partial charge < -0.3 is 5.11 Å². The molecule has 0 saturated carbocycles. The zero-order chi connectivity index (χ0) is 14.2. The van der Waals surface area contributed by atoms with Gasteiger partial charge in [-0.25, -0.2) is 0 Å². The van der Waals surface area contributed by atoms with E-state index >= 15 is 0 Å². The van der Waals surface area contributed by atoms with Crippen LogP contribution in [0.25, 0.3) is 0 Å². The van der Waals surface area contributed by atoms with Crippen molar-refractivity contribution < 1.29 is 14.7 Å². The second-order valence-electron chi connectivity index (χ2n) is 5.13. The molecule has 0 aromatic heterocycles. The second-order valence-corrected chi connectivity index (χ2v) is 6.05. The van der Waals surface area contributed by atoms with Crippen molar-refractivity contribution in [1.82, 2.24) is 4.90 Å². The van der Waals surface area contributed by atoms with Gasteiger partial charge in [-0.1, -0.05) is 29.3 Å². The van der Waals surface area contributed by atoms with Gasteiger partial charge in [0.15, 0.2) is 0 Å². The molecule has 1 atom stereocenters. The van der Waals surface area contributed by atoms with Crippen molar-refractivity contribution in [2.75, 3.05) is 6.54 Å². The highest BCUT2D eigenvalue weighted by Crippen LogP contribution is 2.28. The number of amides is 2. The van der Waals surface area contributed by atoms with E-state index in [1.165, 1.54) is 0 Å². The Kier molecular flexibility index (Phi) is 3.78. The summed E-state index contributed by atoms with van der Waals surface area (Å²) < 4.78 is 0.759. The normalized spacial score (nSPS) is 17.6. The highest BCUT2D eigenvalue weighted by Gasteiger charge is 2.39. The molecule has 19 heavy (non-hydrogen) atoms. The third kappa shape index (κ3) is 2.72. The highest BCUT2D eigenvalue weighted by atomic mass is 79.9. The summed E-state index contributed by atoms with van der Waals surface area (Å²) >= 11 is 3.29. The van der Waals surface area contributed by atoms with Gasteiger partial charge in [-0.05, 0) is 31.5 Å². The number of carbonyl (C=O) groups is 2. The van der Waals surface area contributed by atoms with Crippen LogP contribution in [0.15, 0.2) is 22.7 Å². The summed E-state index contributed by atoms with van der Waals surface area (Å²) in [6.45, 7) is 3.63. The van der Waals surface area contributed by atoms with Gasteiger partial charge in [0.25, 0.3) is 11.8 Å². The Morgan fingerprint density at radius 1 is 1.26 bits per heavy atom. The lowest BCUT2D eigenvalue weighted by atomic mass is 10.00. The van der Waals surface area contributed by atoms with Crippen LogP contribution < -0.4 is 0 Å². The van der Waals surface area contributed by atoms with Crippen LogP contribution in [0.3, 0.4) is 0 Å². The molecule has 0 bridgehead atoms. The van der Waals surface area contributed by atoms with E-state index in [1.54, 1.807) is 25.1 Å². The summed E-state index contributed by atoms with van der Waals surface area (Å²) in [5.74, 6) is -0.665. The molecule has 2 amide bonds. The number of benzene rings is 1. The third-order valence-corrected chi connectivity index (χ3v) is 3.71. The van der Waals surface area contributed by atoms with E-state index in [9.17, 15) is 14.7 Å². The maximum Gasteiger partial charge on any atom is 0.261 e. The number of nitrogens with zero attached hydrogens (tertiary/aromatic N) is 1. The molecule has 2 rings (SSSR count). The second kappa shape index (κ2) is 5.06. The van der Waals surface area contributed by atoms with Crippen LogP contribution in [0.5, 0.6) is 0 Å². The highest BCUT2D eigenvalue weighted by molar-refractivity contribution is 9.10.